The average Bonchev–Trinajstić information content (AvgIpc) is 2.24. The van der Waals surface area contributed by atoms with Crippen LogP contribution in [0.5, 0.6) is 0 Å². The standard InChI is InChI=1S/C7H8N2O.2C2H6/c1-5(10)7-3-8-6(2)9-4-7;2*1-2/h3-4H,1-2H3;2*1-2H3. The van der Waals surface area contributed by atoms with Crippen LogP contribution in [0.25, 0.3) is 0 Å². The summed E-state index contributed by atoms with van der Waals surface area (Å²) in [7, 11) is 0. The number of Topliss-reactive ketones (excluding diaryl/α,β-unsaturated/α-hetero) is 1. The molecule has 1 aromatic rings. The van der Waals surface area contributed by atoms with Crippen molar-refractivity contribution in [3.05, 3.63) is 23.8 Å². The van der Waals surface area contributed by atoms with Crippen molar-refractivity contribution in [2.75, 3.05) is 0 Å². The number of ketones is 1. The van der Waals surface area contributed by atoms with Gasteiger partial charge in [-0.2, -0.15) is 0 Å². The quantitative estimate of drug-likeness (QED) is 0.648. The van der Waals surface area contributed by atoms with Crippen LogP contribution in [0.4, 0.5) is 0 Å². The van der Waals surface area contributed by atoms with E-state index in [1.165, 1.54) is 19.3 Å². The van der Waals surface area contributed by atoms with E-state index in [1.54, 1.807) is 6.92 Å². The van der Waals surface area contributed by atoms with Crippen molar-refractivity contribution in [2.24, 2.45) is 0 Å². The first kappa shape index (κ1) is 15.2. The third-order valence-corrected chi connectivity index (χ3v) is 1.19. The van der Waals surface area contributed by atoms with Crippen molar-refractivity contribution in [1.29, 1.82) is 0 Å². The highest BCUT2D eigenvalue weighted by Gasteiger charge is 1.97. The van der Waals surface area contributed by atoms with Crippen LogP contribution in [0, 0.1) is 6.92 Å². The van der Waals surface area contributed by atoms with E-state index in [4.69, 9.17) is 0 Å². The summed E-state index contributed by atoms with van der Waals surface area (Å²) in [6.07, 6.45) is 3.06. The summed E-state index contributed by atoms with van der Waals surface area (Å²) < 4.78 is 0. The molecule has 0 radical (unpaired) electrons. The minimum atomic E-state index is 0.000000000000000444. The number of carbonyl (C=O) groups is 1. The van der Waals surface area contributed by atoms with Gasteiger partial charge < -0.3 is 0 Å². The number of hydrogen-bond donors (Lipinski definition) is 0. The Kier molecular flexibility index (Phi) is 10.7. The highest BCUT2D eigenvalue weighted by Crippen LogP contribution is 1.95. The van der Waals surface area contributed by atoms with Crippen molar-refractivity contribution in [1.82, 2.24) is 9.97 Å². The number of hydrogen-bond acceptors (Lipinski definition) is 3. The largest absolute Gasteiger partial charge is 0.294 e. The van der Waals surface area contributed by atoms with Gasteiger partial charge in [0, 0.05) is 12.4 Å². The number of aromatic nitrogens is 2. The first-order chi connectivity index (χ1) is 6.70. The predicted molar refractivity (Wildman–Crippen MR) is 59.5 cm³/mol. The molecule has 0 fully saturated rings. The second-order valence-electron chi connectivity index (χ2n) is 2.08. The van der Waals surface area contributed by atoms with Gasteiger partial charge in [0.1, 0.15) is 5.82 Å². The fraction of sp³-hybridized carbons (Fsp3) is 0.545. The molecule has 0 spiro atoms. The number of nitrogens with zero attached hydrogens (tertiary/aromatic N) is 2. The van der Waals surface area contributed by atoms with Crippen LogP contribution in [0.15, 0.2) is 12.4 Å². The Morgan fingerprint density at radius 1 is 1.07 bits per heavy atom. The maximum atomic E-state index is 10.7. The van der Waals surface area contributed by atoms with E-state index >= 15 is 0 Å². The molecule has 1 heterocycles. The summed E-state index contributed by atoms with van der Waals surface area (Å²) in [4.78, 5) is 18.4. The zero-order valence-corrected chi connectivity index (χ0v) is 9.96. The SMILES string of the molecule is CC.CC.CC(=O)c1cnc(C)nc1. The summed E-state index contributed by atoms with van der Waals surface area (Å²) in [5.74, 6) is 0.685. The highest BCUT2D eigenvalue weighted by atomic mass is 16.1. The number of aryl methyl sites for hydroxylation is 1. The van der Waals surface area contributed by atoms with Gasteiger partial charge in [0.2, 0.25) is 0 Å². The second-order valence-corrected chi connectivity index (χ2v) is 2.08. The molecular weight excluding hydrogens is 176 g/mol. The van der Waals surface area contributed by atoms with Gasteiger partial charge in [-0.1, -0.05) is 27.7 Å². The van der Waals surface area contributed by atoms with Crippen LogP contribution in [0.3, 0.4) is 0 Å². The molecule has 0 aliphatic heterocycles. The summed E-state index contributed by atoms with van der Waals surface area (Å²) in [6.45, 7) is 11.3. The van der Waals surface area contributed by atoms with Crippen LogP contribution in [-0.2, 0) is 0 Å². The lowest BCUT2D eigenvalue weighted by Gasteiger charge is -1.92. The lowest BCUT2D eigenvalue weighted by Crippen LogP contribution is -1.95. The molecule has 0 aliphatic rings. The molecule has 0 saturated heterocycles. The molecule has 0 atom stereocenters. The fourth-order valence-corrected chi connectivity index (χ4v) is 0.574. The third kappa shape index (κ3) is 6.29. The van der Waals surface area contributed by atoms with Crippen LogP contribution in [-0.4, -0.2) is 15.8 Å². The monoisotopic (exact) mass is 196 g/mol. The van der Waals surface area contributed by atoms with E-state index < -0.39 is 0 Å². The van der Waals surface area contributed by atoms with E-state index in [-0.39, 0.29) is 5.78 Å². The zero-order chi connectivity index (χ0) is 11.6. The van der Waals surface area contributed by atoms with Crippen molar-refractivity contribution >= 4 is 5.78 Å². The van der Waals surface area contributed by atoms with Gasteiger partial charge in [0.05, 0.1) is 5.56 Å². The molecular formula is C11H20N2O. The van der Waals surface area contributed by atoms with Crippen molar-refractivity contribution in [3.8, 4) is 0 Å². The second kappa shape index (κ2) is 9.84. The molecule has 1 rings (SSSR count). The topological polar surface area (TPSA) is 42.9 Å². The minimum Gasteiger partial charge on any atom is -0.294 e. The van der Waals surface area contributed by atoms with Gasteiger partial charge in [-0.15, -0.1) is 0 Å². The lowest BCUT2D eigenvalue weighted by atomic mass is 10.2. The van der Waals surface area contributed by atoms with E-state index in [0.717, 1.165) is 0 Å². The van der Waals surface area contributed by atoms with Crippen molar-refractivity contribution in [2.45, 2.75) is 41.5 Å². The van der Waals surface area contributed by atoms with E-state index in [9.17, 15) is 4.79 Å². The Balaban J connectivity index is 0. The highest BCUT2D eigenvalue weighted by molar-refractivity contribution is 5.93. The summed E-state index contributed by atoms with van der Waals surface area (Å²) in [5, 5.41) is 0. The molecule has 0 bridgehead atoms. The van der Waals surface area contributed by atoms with Gasteiger partial charge in [0.15, 0.2) is 5.78 Å². The van der Waals surface area contributed by atoms with Gasteiger partial charge in [0.25, 0.3) is 0 Å². The Labute approximate surface area is 86.6 Å². The lowest BCUT2D eigenvalue weighted by molar-refractivity contribution is 0.101. The first-order valence-corrected chi connectivity index (χ1v) is 5.00. The fourth-order valence-electron chi connectivity index (χ4n) is 0.574. The summed E-state index contributed by atoms with van der Waals surface area (Å²) in [5.41, 5.74) is 0.561. The first-order valence-electron chi connectivity index (χ1n) is 5.00. The Morgan fingerprint density at radius 3 is 1.71 bits per heavy atom. The number of rotatable bonds is 1. The average molecular weight is 196 g/mol. The maximum Gasteiger partial charge on any atom is 0.162 e. The predicted octanol–water partition coefficient (Wildman–Crippen LogP) is 3.04. The molecule has 0 aromatic carbocycles. The summed E-state index contributed by atoms with van der Waals surface area (Å²) >= 11 is 0. The molecule has 0 unspecified atom stereocenters. The molecule has 3 heteroatoms. The Hall–Kier alpha value is -1.25. The maximum absolute atomic E-state index is 10.7. The summed E-state index contributed by atoms with van der Waals surface area (Å²) in [6, 6.07) is 0. The molecule has 3 nitrogen and oxygen atoms in total. The Bertz CT molecular complexity index is 242. The van der Waals surface area contributed by atoms with Gasteiger partial charge in [-0.3, -0.25) is 4.79 Å². The van der Waals surface area contributed by atoms with Crippen LogP contribution < -0.4 is 0 Å². The molecule has 0 N–H and O–H groups in total. The molecule has 14 heavy (non-hydrogen) atoms. The normalized spacial score (nSPS) is 7.57. The van der Waals surface area contributed by atoms with Crippen molar-refractivity contribution < 1.29 is 4.79 Å². The Morgan fingerprint density at radius 2 is 1.43 bits per heavy atom. The third-order valence-electron chi connectivity index (χ3n) is 1.19. The zero-order valence-electron chi connectivity index (χ0n) is 9.96. The molecule has 1 aromatic heterocycles. The van der Waals surface area contributed by atoms with Gasteiger partial charge >= 0.3 is 0 Å². The molecule has 0 amide bonds. The minimum absolute atomic E-state index is 0.000000000000000444. The van der Waals surface area contributed by atoms with Crippen molar-refractivity contribution in [3.63, 3.8) is 0 Å². The molecule has 0 aliphatic carbocycles. The van der Waals surface area contributed by atoms with Crippen LogP contribution in [0.2, 0.25) is 0 Å². The van der Waals surface area contributed by atoms with Gasteiger partial charge in [-0.05, 0) is 13.8 Å². The van der Waals surface area contributed by atoms with E-state index in [2.05, 4.69) is 9.97 Å². The van der Waals surface area contributed by atoms with Crippen LogP contribution >= 0.6 is 0 Å². The molecule has 80 valence electrons. The van der Waals surface area contributed by atoms with Gasteiger partial charge in [-0.25, -0.2) is 9.97 Å². The van der Waals surface area contributed by atoms with Crippen LogP contribution in [0.1, 0.15) is 50.8 Å². The van der Waals surface area contributed by atoms with E-state index in [0.29, 0.717) is 11.4 Å². The number of carbonyl (C=O) groups excluding carboxylic acids is 1. The molecule has 0 saturated carbocycles. The van der Waals surface area contributed by atoms with E-state index in [1.807, 2.05) is 27.7 Å². The smallest absolute Gasteiger partial charge is 0.162 e.